The summed E-state index contributed by atoms with van der Waals surface area (Å²) in [5.41, 5.74) is -0.819. The molecule has 1 saturated heterocycles. The van der Waals surface area contributed by atoms with Crippen molar-refractivity contribution in [1.82, 2.24) is 9.21 Å². The van der Waals surface area contributed by atoms with Gasteiger partial charge in [0.25, 0.3) is 0 Å². The first kappa shape index (κ1) is 16.4. The van der Waals surface area contributed by atoms with Crippen LogP contribution in [0.4, 0.5) is 0 Å². The smallest absolute Gasteiger partial charge is 0.215 e. The van der Waals surface area contributed by atoms with Crippen LogP contribution < -0.4 is 0 Å². The molecular formula is C16H28N2O3S. The van der Waals surface area contributed by atoms with E-state index in [2.05, 4.69) is 25.7 Å². The summed E-state index contributed by atoms with van der Waals surface area (Å²) in [6.07, 6.45) is 2.32. The van der Waals surface area contributed by atoms with Gasteiger partial charge in [0.2, 0.25) is 10.0 Å². The number of likely N-dealkylation sites (N-methyl/N-ethyl adjacent to an activating group) is 1. The van der Waals surface area contributed by atoms with Crippen molar-refractivity contribution in [1.29, 1.82) is 0 Å². The molecule has 0 aromatic heterocycles. The quantitative estimate of drug-likeness (QED) is 0.782. The Kier molecular flexibility index (Phi) is 3.94. The summed E-state index contributed by atoms with van der Waals surface area (Å²) >= 11 is 0. The molecule has 3 fully saturated rings. The normalized spacial score (nSPS) is 36.1. The highest BCUT2D eigenvalue weighted by molar-refractivity contribution is 7.89. The van der Waals surface area contributed by atoms with Crippen molar-refractivity contribution in [3.05, 3.63) is 0 Å². The highest BCUT2D eigenvalue weighted by Gasteiger charge is 2.65. The molecule has 0 unspecified atom stereocenters. The number of sulfonamides is 1. The molecular weight excluding hydrogens is 300 g/mol. The van der Waals surface area contributed by atoms with Crippen molar-refractivity contribution in [3.63, 3.8) is 0 Å². The number of rotatable bonds is 4. The number of Topliss-reactive ketones (excluding diaryl/α,β-unsaturated/α-hetero) is 1. The zero-order chi connectivity index (χ0) is 16.2. The fourth-order valence-electron chi connectivity index (χ4n) is 4.83. The maximum Gasteiger partial charge on any atom is 0.215 e. The number of nitrogens with zero attached hydrogens (tertiary/aromatic N) is 2. The topological polar surface area (TPSA) is 57.7 Å². The van der Waals surface area contributed by atoms with Gasteiger partial charge in [-0.15, -0.1) is 0 Å². The lowest BCUT2D eigenvalue weighted by molar-refractivity contribution is -0.128. The van der Waals surface area contributed by atoms with Gasteiger partial charge >= 0.3 is 0 Å². The van der Waals surface area contributed by atoms with Crippen LogP contribution in [0.3, 0.4) is 0 Å². The number of piperazine rings is 1. The molecule has 2 aliphatic carbocycles. The van der Waals surface area contributed by atoms with Gasteiger partial charge in [-0.1, -0.05) is 20.8 Å². The second-order valence-corrected chi connectivity index (χ2v) is 9.73. The molecule has 2 atom stereocenters. The summed E-state index contributed by atoms with van der Waals surface area (Å²) < 4.78 is 27.4. The third-order valence-corrected chi connectivity index (χ3v) is 8.75. The molecule has 22 heavy (non-hydrogen) atoms. The Balaban J connectivity index is 1.79. The Morgan fingerprint density at radius 1 is 1.18 bits per heavy atom. The molecule has 2 bridgehead atoms. The zero-order valence-electron chi connectivity index (χ0n) is 14.0. The summed E-state index contributed by atoms with van der Waals surface area (Å²) in [4.78, 5) is 14.8. The summed E-state index contributed by atoms with van der Waals surface area (Å²) in [5, 5.41) is 0. The Morgan fingerprint density at radius 3 is 2.27 bits per heavy atom. The van der Waals surface area contributed by atoms with Gasteiger partial charge in [-0.25, -0.2) is 8.42 Å². The predicted molar refractivity (Wildman–Crippen MR) is 86.0 cm³/mol. The third kappa shape index (κ3) is 2.26. The number of hydrogen-bond acceptors (Lipinski definition) is 4. The van der Waals surface area contributed by atoms with Gasteiger partial charge in [0, 0.05) is 38.0 Å². The van der Waals surface area contributed by atoms with Crippen LogP contribution in [-0.4, -0.2) is 61.9 Å². The first-order chi connectivity index (χ1) is 10.2. The van der Waals surface area contributed by atoms with E-state index in [1.54, 1.807) is 4.31 Å². The van der Waals surface area contributed by atoms with E-state index in [1.165, 1.54) is 0 Å². The maximum atomic E-state index is 12.9. The van der Waals surface area contributed by atoms with Gasteiger partial charge in [-0.3, -0.25) is 4.79 Å². The Hall–Kier alpha value is -0.460. The molecule has 126 valence electrons. The van der Waals surface area contributed by atoms with E-state index in [4.69, 9.17) is 0 Å². The number of fused-ring (bicyclic) bond motifs is 2. The average molecular weight is 328 g/mol. The Morgan fingerprint density at radius 2 is 1.82 bits per heavy atom. The van der Waals surface area contributed by atoms with Gasteiger partial charge in [0.1, 0.15) is 5.78 Å². The standard InChI is InChI=1S/C16H28N2O3S/c1-4-17-7-9-18(10-8-17)22(20,21)12-16-6-5-13(11-14(16)19)15(16,2)3/h13H,4-12H2,1-3H3/t13-,16+/m1/s1. The molecule has 6 heteroatoms. The second kappa shape index (κ2) is 5.28. The second-order valence-electron chi connectivity index (χ2n) is 7.76. The van der Waals surface area contributed by atoms with Crippen molar-refractivity contribution in [2.45, 2.75) is 40.0 Å². The van der Waals surface area contributed by atoms with E-state index in [0.717, 1.165) is 32.5 Å². The van der Waals surface area contributed by atoms with Crippen molar-refractivity contribution in [2.24, 2.45) is 16.7 Å². The molecule has 5 nitrogen and oxygen atoms in total. The first-order valence-corrected chi connectivity index (χ1v) is 10.1. The molecule has 1 heterocycles. The SMILES string of the molecule is CCN1CCN(S(=O)(=O)C[C@@]23CC[C@H](CC2=O)C3(C)C)CC1. The van der Waals surface area contributed by atoms with Crippen LogP contribution in [-0.2, 0) is 14.8 Å². The number of hydrogen-bond donors (Lipinski definition) is 0. The third-order valence-electron chi connectivity index (χ3n) is 6.74. The van der Waals surface area contributed by atoms with E-state index in [9.17, 15) is 13.2 Å². The molecule has 1 aliphatic heterocycles. The number of ketones is 1. The van der Waals surface area contributed by atoms with E-state index >= 15 is 0 Å². The van der Waals surface area contributed by atoms with Crippen LogP contribution in [0.5, 0.6) is 0 Å². The molecule has 0 amide bonds. The van der Waals surface area contributed by atoms with Gasteiger partial charge in [0.05, 0.1) is 5.75 Å². The fourth-order valence-corrected chi connectivity index (χ4v) is 7.04. The Bertz CT molecular complexity index is 564. The minimum atomic E-state index is -3.36. The maximum absolute atomic E-state index is 12.9. The van der Waals surface area contributed by atoms with Crippen LogP contribution in [0.1, 0.15) is 40.0 Å². The fraction of sp³-hybridized carbons (Fsp3) is 0.938. The molecule has 0 spiro atoms. The molecule has 3 aliphatic rings. The average Bonchev–Trinajstić information content (AvgIpc) is 2.81. The van der Waals surface area contributed by atoms with Crippen LogP contribution in [0.2, 0.25) is 0 Å². The summed E-state index contributed by atoms with van der Waals surface area (Å²) in [6, 6.07) is 0. The first-order valence-electron chi connectivity index (χ1n) is 8.46. The summed E-state index contributed by atoms with van der Waals surface area (Å²) in [6.45, 7) is 9.97. The number of carbonyl (C=O) groups excluding carboxylic acids is 1. The van der Waals surface area contributed by atoms with Crippen molar-refractivity contribution in [2.75, 3.05) is 38.5 Å². The molecule has 0 radical (unpaired) electrons. The molecule has 0 aromatic rings. The van der Waals surface area contributed by atoms with Gasteiger partial charge in [-0.05, 0) is 30.7 Å². The zero-order valence-corrected chi connectivity index (χ0v) is 14.8. The molecule has 3 rings (SSSR count). The highest BCUT2D eigenvalue weighted by Crippen LogP contribution is 2.64. The van der Waals surface area contributed by atoms with Crippen LogP contribution in [0.25, 0.3) is 0 Å². The summed E-state index contributed by atoms with van der Waals surface area (Å²) in [5.74, 6) is 0.575. The van der Waals surface area contributed by atoms with Crippen LogP contribution >= 0.6 is 0 Å². The monoisotopic (exact) mass is 328 g/mol. The highest BCUT2D eigenvalue weighted by atomic mass is 32.2. The van der Waals surface area contributed by atoms with Crippen molar-refractivity contribution < 1.29 is 13.2 Å². The minimum absolute atomic E-state index is 0.0223. The van der Waals surface area contributed by atoms with Crippen molar-refractivity contribution in [3.8, 4) is 0 Å². The van der Waals surface area contributed by atoms with E-state index < -0.39 is 15.4 Å². The summed E-state index contributed by atoms with van der Waals surface area (Å²) in [7, 11) is -3.36. The van der Waals surface area contributed by atoms with E-state index in [0.29, 0.717) is 25.4 Å². The lowest BCUT2D eigenvalue weighted by atomic mass is 9.70. The van der Waals surface area contributed by atoms with Gasteiger partial charge < -0.3 is 4.90 Å². The van der Waals surface area contributed by atoms with Crippen molar-refractivity contribution >= 4 is 15.8 Å². The lowest BCUT2D eigenvalue weighted by Crippen LogP contribution is -2.52. The van der Waals surface area contributed by atoms with E-state index in [1.807, 2.05) is 0 Å². The van der Waals surface area contributed by atoms with Crippen LogP contribution in [0.15, 0.2) is 0 Å². The van der Waals surface area contributed by atoms with Crippen LogP contribution in [0, 0.1) is 16.7 Å². The van der Waals surface area contributed by atoms with Gasteiger partial charge in [-0.2, -0.15) is 4.31 Å². The molecule has 0 aromatic carbocycles. The predicted octanol–water partition coefficient (Wildman–Crippen LogP) is 1.35. The molecule has 2 saturated carbocycles. The van der Waals surface area contributed by atoms with E-state index in [-0.39, 0.29) is 17.0 Å². The number of carbonyl (C=O) groups is 1. The van der Waals surface area contributed by atoms with Gasteiger partial charge in [0.15, 0.2) is 0 Å². The largest absolute Gasteiger partial charge is 0.301 e. The molecule has 0 N–H and O–H groups in total. The Labute approximate surface area is 134 Å². The minimum Gasteiger partial charge on any atom is -0.301 e. The lowest BCUT2D eigenvalue weighted by Gasteiger charge is -2.39.